The van der Waals surface area contributed by atoms with Gasteiger partial charge in [0.15, 0.2) is 0 Å². The van der Waals surface area contributed by atoms with Gasteiger partial charge in [0.1, 0.15) is 5.82 Å². The lowest BCUT2D eigenvalue weighted by Gasteiger charge is -2.21. The van der Waals surface area contributed by atoms with Gasteiger partial charge in [-0.05, 0) is 37.3 Å². The second-order valence-corrected chi connectivity index (χ2v) is 4.70. The van der Waals surface area contributed by atoms with Crippen LogP contribution in [0.4, 0.5) is 5.82 Å². The Morgan fingerprint density at radius 2 is 2.31 bits per heavy atom. The van der Waals surface area contributed by atoms with Gasteiger partial charge in [0.05, 0.1) is 0 Å². The summed E-state index contributed by atoms with van der Waals surface area (Å²) in [6.07, 6.45) is 6.41. The summed E-state index contributed by atoms with van der Waals surface area (Å²) in [5, 5.41) is 0. The predicted octanol–water partition coefficient (Wildman–Crippen LogP) is 1.96. The summed E-state index contributed by atoms with van der Waals surface area (Å²) in [5.41, 5.74) is 7.30. The Morgan fingerprint density at radius 3 is 2.94 bits per heavy atom. The average Bonchev–Trinajstić information content (AvgIpc) is 3.12. The van der Waals surface area contributed by atoms with Crippen LogP contribution in [0, 0.1) is 0 Å². The van der Waals surface area contributed by atoms with Crippen molar-refractivity contribution in [2.75, 3.05) is 11.9 Å². The van der Waals surface area contributed by atoms with Crippen molar-refractivity contribution in [2.45, 2.75) is 44.7 Å². The Balaban J connectivity index is 2.15. The predicted molar refractivity (Wildman–Crippen MR) is 67.6 cm³/mol. The Bertz CT molecular complexity index is 347. The van der Waals surface area contributed by atoms with Crippen LogP contribution < -0.4 is 10.6 Å². The zero-order valence-corrected chi connectivity index (χ0v) is 10.2. The molecule has 1 fully saturated rings. The lowest BCUT2D eigenvalue weighted by molar-refractivity contribution is 0.643. The van der Waals surface area contributed by atoms with E-state index in [9.17, 15) is 0 Å². The van der Waals surface area contributed by atoms with E-state index in [0.29, 0.717) is 6.04 Å². The third-order valence-electron chi connectivity index (χ3n) is 3.30. The molecule has 2 N–H and O–H groups in total. The maximum atomic E-state index is 6.02. The van der Waals surface area contributed by atoms with Crippen LogP contribution in [0.25, 0.3) is 0 Å². The van der Waals surface area contributed by atoms with Crippen LogP contribution in [0.1, 0.15) is 31.7 Å². The van der Waals surface area contributed by atoms with E-state index in [1.165, 1.54) is 18.4 Å². The Hall–Kier alpha value is -1.09. The molecule has 1 saturated carbocycles. The Morgan fingerprint density at radius 1 is 1.56 bits per heavy atom. The fourth-order valence-electron chi connectivity index (χ4n) is 1.97. The van der Waals surface area contributed by atoms with Gasteiger partial charge in [-0.15, -0.1) is 0 Å². The first-order chi connectivity index (χ1) is 7.72. The van der Waals surface area contributed by atoms with Gasteiger partial charge in [0.2, 0.25) is 0 Å². The summed E-state index contributed by atoms with van der Waals surface area (Å²) >= 11 is 0. The van der Waals surface area contributed by atoms with Crippen molar-refractivity contribution in [3.05, 3.63) is 23.9 Å². The second kappa shape index (κ2) is 4.83. The molecule has 0 amide bonds. The topological polar surface area (TPSA) is 42.1 Å². The molecule has 1 unspecified atom stereocenters. The van der Waals surface area contributed by atoms with Crippen molar-refractivity contribution in [1.82, 2.24) is 4.98 Å². The molecule has 1 atom stereocenters. The SMILES string of the molecule is CCC(N)Cc1cccnc1N(C)C1CC1. The van der Waals surface area contributed by atoms with Crippen molar-refractivity contribution in [1.29, 1.82) is 0 Å². The molecule has 3 nitrogen and oxygen atoms in total. The molecule has 3 heteroatoms. The number of rotatable bonds is 5. The van der Waals surface area contributed by atoms with Gasteiger partial charge in [-0.1, -0.05) is 13.0 Å². The van der Waals surface area contributed by atoms with Gasteiger partial charge in [-0.2, -0.15) is 0 Å². The van der Waals surface area contributed by atoms with Crippen LogP contribution in [0.2, 0.25) is 0 Å². The number of anilines is 1. The first-order valence-electron chi connectivity index (χ1n) is 6.14. The largest absolute Gasteiger partial charge is 0.356 e. The van der Waals surface area contributed by atoms with Crippen LogP contribution in [0.3, 0.4) is 0 Å². The van der Waals surface area contributed by atoms with Crippen LogP contribution in [0.15, 0.2) is 18.3 Å². The van der Waals surface area contributed by atoms with Crippen molar-refractivity contribution in [3.63, 3.8) is 0 Å². The summed E-state index contributed by atoms with van der Waals surface area (Å²) in [6, 6.07) is 5.10. The lowest BCUT2D eigenvalue weighted by atomic mass is 10.1. The highest BCUT2D eigenvalue weighted by Gasteiger charge is 2.28. The zero-order valence-electron chi connectivity index (χ0n) is 10.2. The van der Waals surface area contributed by atoms with E-state index in [0.717, 1.165) is 18.7 Å². The van der Waals surface area contributed by atoms with Crippen molar-refractivity contribution >= 4 is 5.82 Å². The highest BCUT2D eigenvalue weighted by Crippen LogP contribution is 2.31. The molecule has 0 aromatic carbocycles. The number of hydrogen-bond donors (Lipinski definition) is 1. The first kappa shape index (κ1) is 11.4. The third-order valence-corrected chi connectivity index (χ3v) is 3.30. The average molecular weight is 219 g/mol. The van der Waals surface area contributed by atoms with Crippen LogP contribution in [0.5, 0.6) is 0 Å². The van der Waals surface area contributed by atoms with E-state index in [2.05, 4.69) is 29.9 Å². The minimum atomic E-state index is 0.246. The third kappa shape index (κ3) is 2.53. The van der Waals surface area contributed by atoms with Crippen molar-refractivity contribution < 1.29 is 0 Å². The molecule has 1 heterocycles. The van der Waals surface area contributed by atoms with Gasteiger partial charge >= 0.3 is 0 Å². The van der Waals surface area contributed by atoms with Gasteiger partial charge in [0.25, 0.3) is 0 Å². The molecule has 1 aliphatic rings. The molecule has 0 radical (unpaired) electrons. The minimum Gasteiger partial charge on any atom is -0.356 e. The number of nitrogens with zero attached hydrogens (tertiary/aromatic N) is 2. The molecule has 2 rings (SSSR count). The standard InChI is InChI=1S/C13H21N3/c1-3-11(14)9-10-5-4-8-15-13(10)16(2)12-6-7-12/h4-5,8,11-12H,3,6-7,9,14H2,1-2H3. The summed E-state index contributed by atoms with van der Waals surface area (Å²) < 4.78 is 0. The molecule has 88 valence electrons. The van der Waals surface area contributed by atoms with E-state index in [-0.39, 0.29) is 6.04 Å². The van der Waals surface area contributed by atoms with E-state index < -0.39 is 0 Å². The molecule has 1 aliphatic carbocycles. The second-order valence-electron chi connectivity index (χ2n) is 4.70. The molecule has 0 saturated heterocycles. The number of aromatic nitrogens is 1. The van der Waals surface area contributed by atoms with E-state index in [4.69, 9.17) is 5.73 Å². The maximum Gasteiger partial charge on any atom is 0.131 e. The van der Waals surface area contributed by atoms with Crippen molar-refractivity contribution in [2.24, 2.45) is 5.73 Å². The fraction of sp³-hybridized carbons (Fsp3) is 0.615. The molecule has 0 spiro atoms. The van der Waals surface area contributed by atoms with Crippen LogP contribution in [-0.2, 0) is 6.42 Å². The van der Waals surface area contributed by atoms with E-state index in [1.807, 2.05) is 12.3 Å². The smallest absolute Gasteiger partial charge is 0.131 e. The maximum absolute atomic E-state index is 6.02. The lowest BCUT2D eigenvalue weighted by Crippen LogP contribution is -2.26. The highest BCUT2D eigenvalue weighted by atomic mass is 15.2. The highest BCUT2D eigenvalue weighted by molar-refractivity contribution is 5.48. The number of pyridine rings is 1. The van der Waals surface area contributed by atoms with Gasteiger partial charge in [-0.25, -0.2) is 4.98 Å². The van der Waals surface area contributed by atoms with Crippen molar-refractivity contribution in [3.8, 4) is 0 Å². The normalized spacial score (nSPS) is 17.2. The summed E-state index contributed by atoms with van der Waals surface area (Å²) in [7, 11) is 2.14. The number of hydrogen-bond acceptors (Lipinski definition) is 3. The number of nitrogens with two attached hydrogens (primary N) is 1. The van der Waals surface area contributed by atoms with Gasteiger partial charge in [0, 0.05) is 25.3 Å². The summed E-state index contributed by atoms with van der Waals surface area (Å²) in [4.78, 5) is 6.80. The molecule has 1 aromatic rings. The van der Waals surface area contributed by atoms with Crippen LogP contribution >= 0.6 is 0 Å². The van der Waals surface area contributed by atoms with Gasteiger partial charge in [-0.3, -0.25) is 0 Å². The molecule has 0 bridgehead atoms. The Labute approximate surface area is 97.7 Å². The fourth-order valence-corrected chi connectivity index (χ4v) is 1.97. The Kier molecular flexibility index (Phi) is 3.44. The summed E-state index contributed by atoms with van der Waals surface area (Å²) in [5.74, 6) is 1.12. The quantitative estimate of drug-likeness (QED) is 0.823. The van der Waals surface area contributed by atoms with Gasteiger partial charge < -0.3 is 10.6 Å². The molecule has 1 aromatic heterocycles. The van der Waals surface area contributed by atoms with E-state index >= 15 is 0 Å². The zero-order chi connectivity index (χ0) is 11.5. The molecule has 0 aliphatic heterocycles. The summed E-state index contributed by atoms with van der Waals surface area (Å²) in [6.45, 7) is 2.13. The first-order valence-corrected chi connectivity index (χ1v) is 6.14. The van der Waals surface area contributed by atoms with E-state index in [1.54, 1.807) is 0 Å². The van der Waals surface area contributed by atoms with Crippen LogP contribution in [-0.4, -0.2) is 24.1 Å². The molecular weight excluding hydrogens is 198 g/mol. The monoisotopic (exact) mass is 219 g/mol. The minimum absolute atomic E-state index is 0.246. The molecular formula is C13H21N3. The molecule has 16 heavy (non-hydrogen) atoms.